The van der Waals surface area contributed by atoms with Crippen LogP contribution >= 0.6 is 0 Å². The number of fused-ring (bicyclic) bond motifs is 1. The number of anilines is 2. The molecule has 0 aliphatic carbocycles. The maximum Gasteiger partial charge on any atom is 0.279 e. The maximum atomic E-state index is 13.8. The second-order valence-corrected chi connectivity index (χ2v) is 7.90. The van der Waals surface area contributed by atoms with Crippen molar-refractivity contribution in [2.45, 2.75) is 19.7 Å². The Balaban J connectivity index is 1.88. The van der Waals surface area contributed by atoms with Crippen molar-refractivity contribution < 1.29 is 13.9 Å². The number of halogens is 1. The van der Waals surface area contributed by atoms with Crippen LogP contribution in [-0.4, -0.2) is 27.3 Å². The normalized spacial score (nSPS) is 11.4. The lowest BCUT2D eigenvalue weighted by molar-refractivity contribution is -0.0257. The summed E-state index contributed by atoms with van der Waals surface area (Å²) in [7, 11) is 3.16. The van der Waals surface area contributed by atoms with Crippen molar-refractivity contribution in [3.63, 3.8) is 0 Å². The number of aromatic nitrogens is 3. The van der Waals surface area contributed by atoms with Gasteiger partial charge >= 0.3 is 0 Å². The van der Waals surface area contributed by atoms with Crippen LogP contribution in [0.3, 0.4) is 0 Å². The number of pyridine rings is 1. The van der Waals surface area contributed by atoms with Crippen molar-refractivity contribution >= 4 is 22.3 Å². The molecule has 1 N–H and O–H groups in total. The largest absolute Gasteiger partial charge is 0.497 e. The van der Waals surface area contributed by atoms with E-state index in [1.54, 1.807) is 67.8 Å². The van der Waals surface area contributed by atoms with Gasteiger partial charge in [0.2, 0.25) is 5.85 Å². The van der Waals surface area contributed by atoms with Gasteiger partial charge in [0.15, 0.2) is 5.82 Å². The molecule has 33 heavy (non-hydrogen) atoms. The Labute approximate surface area is 188 Å². The predicted octanol–water partition coefficient (Wildman–Crippen LogP) is 3.92. The first-order valence-electron chi connectivity index (χ1n) is 10.2. The molecule has 0 aliphatic rings. The average Bonchev–Trinajstić information content (AvgIpc) is 2.78. The highest BCUT2D eigenvalue weighted by Crippen LogP contribution is 2.26. The van der Waals surface area contributed by atoms with E-state index in [-0.39, 0.29) is 11.1 Å². The van der Waals surface area contributed by atoms with Crippen LogP contribution in [0.15, 0.2) is 70.4 Å². The zero-order valence-corrected chi connectivity index (χ0v) is 18.6. The van der Waals surface area contributed by atoms with Gasteiger partial charge in [0.25, 0.3) is 11.1 Å². The quantitative estimate of drug-likeness (QED) is 0.479. The number of hydrogen-bond acceptors (Lipinski definition) is 6. The minimum absolute atomic E-state index is 0.242. The molecule has 0 atom stereocenters. The molecule has 8 nitrogen and oxygen atoms in total. The molecule has 0 bridgehead atoms. The molecule has 2 aromatic heterocycles. The summed E-state index contributed by atoms with van der Waals surface area (Å²) >= 11 is 0. The monoisotopic (exact) mass is 450 g/mol. The molecule has 0 fully saturated rings. The third-order valence-electron chi connectivity index (χ3n) is 4.92. The zero-order valence-electron chi connectivity index (χ0n) is 18.6. The minimum atomic E-state index is -1.84. The summed E-state index contributed by atoms with van der Waals surface area (Å²) in [4.78, 5) is 25.8. The fourth-order valence-electron chi connectivity index (χ4n) is 3.37. The first kappa shape index (κ1) is 22.1. The van der Waals surface area contributed by atoms with Crippen LogP contribution in [0, 0.1) is 0 Å². The SMILES string of the molecule is COc1ccc2c(Nc3cccn(C)c3=O)nn(-c3ccc(OC(C)(C)F)cc3)c(=O)c2c1. The van der Waals surface area contributed by atoms with Crippen LogP contribution in [0.25, 0.3) is 16.5 Å². The molecule has 0 amide bonds. The number of nitrogens with one attached hydrogen (secondary N) is 1. The minimum Gasteiger partial charge on any atom is -0.497 e. The Morgan fingerprint density at radius 3 is 2.33 bits per heavy atom. The lowest BCUT2D eigenvalue weighted by Gasteiger charge is -2.17. The maximum absolute atomic E-state index is 13.8. The Kier molecular flexibility index (Phi) is 5.63. The Hall–Kier alpha value is -4.14. The molecule has 0 saturated carbocycles. The van der Waals surface area contributed by atoms with Gasteiger partial charge in [-0.25, -0.2) is 0 Å². The van der Waals surface area contributed by atoms with E-state index in [9.17, 15) is 14.0 Å². The standard InChI is InChI=1S/C24H23FN4O4/c1-24(2,25)33-16-9-7-15(8-10-16)29-22(30)19-14-17(32-4)11-12-18(19)21(27-29)26-20-6-5-13-28(3)23(20)31/h5-14H,1-4H3,(H,26,27). The number of ether oxygens (including phenoxy) is 2. The highest BCUT2D eigenvalue weighted by Gasteiger charge is 2.18. The first-order valence-corrected chi connectivity index (χ1v) is 10.2. The molecule has 4 aromatic rings. The summed E-state index contributed by atoms with van der Waals surface area (Å²) in [5, 5.41) is 8.42. The van der Waals surface area contributed by atoms with Crippen LogP contribution in [0.5, 0.6) is 11.5 Å². The summed E-state index contributed by atoms with van der Waals surface area (Å²) in [5.74, 6) is -0.698. The summed E-state index contributed by atoms with van der Waals surface area (Å²) in [5.41, 5.74) is 0.130. The van der Waals surface area contributed by atoms with E-state index in [1.165, 1.54) is 30.2 Å². The highest BCUT2D eigenvalue weighted by molar-refractivity contribution is 5.93. The molecular weight excluding hydrogens is 427 g/mol. The van der Waals surface area contributed by atoms with E-state index in [1.807, 2.05) is 0 Å². The third kappa shape index (κ3) is 4.57. The molecule has 0 spiro atoms. The molecule has 170 valence electrons. The van der Waals surface area contributed by atoms with Gasteiger partial charge in [-0.2, -0.15) is 9.07 Å². The van der Waals surface area contributed by atoms with E-state index >= 15 is 0 Å². The van der Waals surface area contributed by atoms with Gasteiger partial charge in [0.1, 0.15) is 17.2 Å². The van der Waals surface area contributed by atoms with Crippen LogP contribution in [0.4, 0.5) is 15.9 Å². The second-order valence-electron chi connectivity index (χ2n) is 7.90. The van der Waals surface area contributed by atoms with Crippen molar-refractivity contribution in [1.82, 2.24) is 14.3 Å². The topological polar surface area (TPSA) is 87.4 Å². The number of benzene rings is 2. The molecule has 9 heteroatoms. The van der Waals surface area contributed by atoms with Gasteiger partial charge in [-0.3, -0.25) is 9.59 Å². The molecule has 2 aromatic carbocycles. The Morgan fingerprint density at radius 1 is 0.970 bits per heavy atom. The molecule has 0 saturated heterocycles. The van der Waals surface area contributed by atoms with Gasteiger partial charge in [-0.1, -0.05) is 0 Å². The summed E-state index contributed by atoms with van der Waals surface area (Å²) in [6.45, 7) is 2.60. The smallest absolute Gasteiger partial charge is 0.279 e. The number of alkyl halides is 1. The van der Waals surface area contributed by atoms with Gasteiger partial charge < -0.3 is 19.4 Å². The Morgan fingerprint density at radius 2 is 1.67 bits per heavy atom. The second kappa shape index (κ2) is 8.42. The summed E-state index contributed by atoms with van der Waals surface area (Å²) in [6, 6.07) is 14.7. The predicted molar refractivity (Wildman–Crippen MR) is 125 cm³/mol. The van der Waals surface area contributed by atoms with Gasteiger partial charge in [0.05, 0.1) is 18.2 Å². The first-order chi connectivity index (χ1) is 15.7. The van der Waals surface area contributed by atoms with Crippen molar-refractivity contribution in [1.29, 1.82) is 0 Å². The van der Waals surface area contributed by atoms with Crippen molar-refractivity contribution in [3.05, 3.63) is 81.5 Å². The lowest BCUT2D eigenvalue weighted by atomic mass is 10.1. The summed E-state index contributed by atoms with van der Waals surface area (Å²) < 4.78 is 26.9. The Bertz CT molecular complexity index is 1440. The van der Waals surface area contributed by atoms with E-state index in [0.717, 1.165) is 0 Å². The number of methoxy groups -OCH3 is 1. The van der Waals surface area contributed by atoms with Crippen molar-refractivity contribution in [2.24, 2.45) is 7.05 Å². The van der Waals surface area contributed by atoms with Crippen LogP contribution in [0.1, 0.15) is 13.8 Å². The molecule has 0 unspecified atom stereocenters. The van der Waals surface area contributed by atoms with Crippen LogP contribution in [0.2, 0.25) is 0 Å². The number of hydrogen-bond donors (Lipinski definition) is 1. The van der Waals surface area contributed by atoms with E-state index in [4.69, 9.17) is 9.47 Å². The van der Waals surface area contributed by atoms with E-state index in [2.05, 4.69) is 10.4 Å². The summed E-state index contributed by atoms with van der Waals surface area (Å²) in [6.07, 6.45) is 1.65. The zero-order chi connectivity index (χ0) is 23.8. The van der Waals surface area contributed by atoms with Gasteiger partial charge in [0, 0.05) is 32.5 Å². The van der Waals surface area contributed by atoms with E-state index in [0.29, 0.717) is 39.5 Å². The van der Waals surface area contributed by atoms with E-state index < -0.39 is 5.85 Å². The van der Waals surface area contributed by atoms with Gasteiger partial charge in [-0.05, 0) is 54.6 Å². The highest BCUT2D eigenvalue weighted by atomic mass is 19.2. The molecule has 0 aliphatic heterocycles. The number of aryl methyl sites for hydroxylation is 1. The molecule has 2 heterocycles. The van der Waals surface area contributed by atoms with Crippen molar-refractivity contribution in [2.75, 3.05) is 12.4 Å². The number of rotatable bonds is 6. The number of nitrogens with zero attached hydrogens (tertiary/aromatic N) is 3. The molecule has 0 radical (unpaired) electrons. The fourth-order valence-corrected chi connectivity index (χ4v) is 3.37. The molecule has 4 rings (SSSR count). The van der Waals surface area contributed by atoms with Gasteiger partial charge in [-0.15, -0.1) is 5.10 Å². The van der Waals surface area contributed by atoms with Crippen LogP contribution in [-0.2, 0) is 7.05 Å². The van der Waals surface area contributed by atoms with Crippen molar-refractivity contribution in [3.8, 4) is 17.2 Å². The van der Waals surface area contributed by atoms with Crippen LogP contribution < -0.4 is 25.9 Å². The average molecular weight is 450 g/mol. The fraction of sp³-hybridized carbons (Fsp3) is 0.208. The lowest BCUT2D eigenvalue weighted by Crippen LogP contribution is -2.24. The molecular formula is C24H23FN4O4. The third-order valence-corrected chi connectivity index (χ3v) is 4.92.